The number of nitro groups is 1. The molecule has 2 aromatic rings. The van der Waals surface area contributed by atoms with Gasteiger partial charge in [0.05, 0.1) is 9.40 Å². The van der Waals surface area contributed by atoms with E-state index in [2.05, 4.69) is 15.9 Å². The van der Waals surface area contributed by atoms with Crippen molar-refractivity contribution in [3.63, 3.8) is 0 Å². The number of nitrogens with zero attached hydrogens (tertiary/aromatic N) is 1. The number of hydrogen-bond donors (Lipinski definition) is 1. The van der Waals surface area contributed by atoms with E-state index >= 15 is 0 Å². The normalized spacial score (nSPS) is 10.4. The van der Waals surface area contributed by atoms with Crippen LogP contribution in [0.2, 0.25) is 0 Å². The van der Waals surface area contributed by atoms with E-state index in [1.165, 1.54) is 12.1 Å². The fourth-order valence-electron chi connectivity index (χ4n) is 1.84. The summed E-state index contributed by atoms with van der Waals surface area (Å²) in [7, 11) is 0. The molecule has 0 spiro atoms. The summed E-state index contributed by atoms with van der Waals surface area (Å²) in [5, 5.41) is 10.7. The number of nitrogens with two attached hydrogens (primary N) is 1. The van der Waals surface area contributed by atoms with Gasteiger partial charge in [-0.1, -0.05) is 24.3 Å². The Labute approximate surface area is 128 Å². The molecule has 7 heteroatoms. The molecule has 0 bridgehead atoms. The first-order valence-corrected chi connectivity index (χ1v) is 6.86. The molecule has 0 aliphatic heterocycles. The van der Waals surface area contributed by atoms with Crippen LogP contribution in [0.1, 0.15) is 11.1 Å². The largest absolute Gasteiger partial charge is 0.487 e. The van der Waals surface area contributed by atoms with Crippen LogP contribution in [0.3, 0.4) is 0 Å². The molecule has 2 aromatic carbocycles. The van der Waals surface area contributed by atoms with E-state index in [-0.39, 0.29) is 18.7 Å². The number of ether oxygens (including phenoxy) is 1. The Morgan fingerprint density at radius 1 is 1.24 bits per heavy atom. The van der Waals surface area contributed by atoms with E-state index < -0.39 is 16.4 Å². The Hall–Kier alpha value is -1.99. The highest BCUT2D eigenvalue weighted by atomic mass is 79.9. The summed E-state index contributed by atoms with van der Waals surface area (Å²) in [4.78, 5) is 9.94. The molecule has 2 rings (SSSR count). The fourth-order valence-corrected chi connectivity index (χ4v) is 2.37. The van der Waals surface area contributed by atoms with Crippen LogP contribution >= 0.6 is 15.9 Å². The van der Waals surface area contributed by atoms with Gasteiger partial charge in [0.15, 0.2) is 0 Å². The first-order valence-electron chi connectivity index (χ1n) is 6.06. The first kappa shape index (κ1) is 15.4. The van der Waals surface area contributed by atoms with Crippen molar-refractivity contribution in [3.05, 3.63) is 67.9 Å². The number of hydrogen-bond acceptors (Lipinski definition) is 4. The predicted octanol–water partition coefficient (Wildman–Crippen LogP) is 3.53. The summed E-state index contributed by atoms with van der Waals surface area (Å²) in [6.07, 6.45) is 0. The second kappa shape index (κ2) is 6.64. The topological polar surface area (TPSA) is 78.4 Å². The van der Waals surface area contributed by atoms with Crippen molar-refractivity contribution in [2.24, 2.45) is 5.73 Å². The molecule has 0 aliphatic carbocycles. The Balaban J connectivity index is 2.25. The lowest BCUT2D eigenvalue weighted by atomic mass is 10.2. The van der Waals surface area contributed by atoms with Crippen LogP contribution in [0.4, 0.5) is 10.1 Å². The molecule has 0 amide bonds. The van der Waals surface area contributed by atoms with E-state index in [0.29, 0.717) is 10.2 Å². The second-order valence-corrected chi connectivity index (χ2v) is 5.08. The fraction of sp³-hybridized carbons (Fsp3) is 0.143. The van der Waals surface area contributed by atoms with Gasteiger partial charge in [-0.05, 0) is 22.0 Å². The third-order valence-electron chi connectivity index (χ3n) is 2.90. The maximum Gasteiger partial charge on any atom is 0.305 e. The molecule has 21 heavy (non-hydrogen) atoms. The first-order chi connectivity index (χ1) is 10.0. The Kier molecular flexibility index (Phi) is 4.87. The molecular formula is C14H12BrFN2O3. The monoisotopic (exact) mass is 354 g/mol. The van der Waals surface area contributed by atoms with Crippen molar-refractivity contribution >= 4 is 21.6 Å². The number of nitro benzene ring substituents is 1. The zero-order valence-corrected chi connectivity index (χ0v) is 12.5. The van der Waals surface area contributed by atoms with Crippen molar-refractivity contribution in [3.8, 4) is 5.75 Å². The van der Waals surface area contributed by atoms with Crippen LogP contribution in [0, 0.1) is 15.9 Å². The molecule has 110 valence electrons. The molecule has 0 fully saturated rings. The molecule has 0 saturated carbocycles. The van der Waals surface area contributed by atoms with Crippen LogP contribution in [0.5, 0.6) is 5.75 Å². The van der Waals surface area contributed by atoms with Crippen LogP contribution < -0.4 is 10.5 Å². The highest BCUT2D eigenvalue weighted by Gasteiger charge is 2.18. The van der Waals surface area contributed by atoms with E-state index in [1.54, 1.807) is 12.1 Å². The maximum absolute atomic E-state index is 14.0. The number of rotatable bonds is 5. The minimum Gasteiger partial charge on any atom is -0.487 e. The smallest absolute Gasteiger partial charge is 0.305 e. The minimum atomic E-state index is -0.885. The van der Waals surface area contributed by atoms with Crippen LogP contribution in [-0.4, -0.2) is 4.92 Å². The molecule has 0 aromatic heterocycles. The summed E-state index contributed by atoms with van der Waals surface area (Å²) in [5.41, 5.74) is 5.92. The van der Waals surface area contributed by atoms with Crippen LogP contribution in [-0.2, 0) is 13.2 Å². The maximum atomic E-state index is 14.0. The zero-order chi connectivity index (χ0) is 15.4. The lowest BCUT2D eigenvalue weighted by Crippen LogP contribution is -2.05. The summed E-state index contributed by atoms with van der Waals surface area (Å²) >= 11 is 3.34. The van der Waals surface area contributed by atoms with E-state index in [1.807, 2.05) is 6.07 Å². The van der Waals surface area contributed by atoms with Gasteiger partial charge in [0.25, 0.3) is 0 Å². The van der Waals surface area contributed by atoms with Crippen molar-refractivity contribution in [2.75, 3.05) is 0 Å². The lowest BCUT2D eigenvalue weighted by Gasteiger charge is -2.12. The number of para-hydroxylation sites is 1. The zero-order valence-electron chi connectivity index (χ0n) is 10.9. The molecule has 0 radical (unpaired) electrons. The van der Waals surface area contributed by atoms with Crippen molar-refractivity contribution in [1.82, 2.24) is 0 Å². The summed E-state index contributed by atoms with van der Waals surface area (Å²) in [6.45, 7) is 0.148. The molecule has 2 N–H and O–H groups in total. The van der Waals surface area contributed by atoms with Crippen LogP contribution in [0.25, 0.3) is 0 Å². The van der Waals surface area contributed by atoms with Gasteiger partial charge < -0.3 is 10.5 Å². The third kappa shape index (κ3) is 3.37. The minimum absolute atomic E-state index is 0.114. The van der Waals surface area contributed by atoms with Gasteiger partial charge in [-0.15, -0.1) is 0 Å². The molecule has 0 unspecified atom stereocenters. The van der Waals surface area contributed by atoms with E-state index in [0.717, 1.165) is 11.6 Å². The van der Waals surface area contributed by atoms with Crippen molar-refractivity contribution < 1.29 is 14.1 Å². The molecular weight excluding hydrogens is 343 g/mol. The quantitative estimate of drug-likeness (QED) is 0.657. The summed E-state index contributed by atoms with van der Waals surface area (Å²) < 4.78 is 20.2. The highest BCUT2D eigenvalue weighted by molar-refractivity contribution is 9.10. The molecule has 0 heterocycles. The molecule has 0 saturated heterocycles. The molecule has 5 nitrogen and oxygen atoms in total. The average Bonchev–Trinajstić information content (AvgIpc) is 2.46. The number of benzene rings is 2. The molecule has 0 atom stereocenters. The van der Waals surface area contributed by atoms with Gasteiger partial charge in [0.1, 0.15) is 12.4 Å². The summed E-state index contributed by atoms with van der Waals surface area (Å²) in [6, 6.07) is 9.36. The van der Waals surface area contributed by atoms with Gasteiger partial charge in [-0.3, -0.25) is 10.1 Å². The van der Waals surface area contributed by atoms with Gasteiger partial charge in [-0.2, -0.15) is 4.39 Å². The van der Waals surface area contributed by atoms with Gasteiger partial charge in [-0.25, -0.2) is 0 Å². The Morgan fingerprint density at radius 2 is 1.90 bits per heavy atom. The van der Waals surface area contributed by atoms with Crippen molar-refractivity contribution in [2.45, 2.75) is 13.2 Å². The standard InChI is InChI=1S/C14H12BrFN2O3/c15-11-5-1-3-9(7-17)14(11)21-8-10-4-2-6-12(13(10)16)18(19)20/h1-6H,7-8,17H2. The molecule has 0 aliphatic rings. The Morgan fingerprint density at radius 3 is 2.57 bits per heavy atom. The Bertz CT molecular complexity index is 679. The SMILES string of the molecule is NCc1cccc(Br)c1OCc1cccc([N+](=O)[O-])c1F. The third-order valence-corrected chi connectivity index (χ3v) is 3.52. The summed E-state index contributed by atoms with van der Waals surface area (Å²) in [5.74, 6) is -0.380. The lowest BCUT2D eigenvalue weighted by molar-refractivity contribution is -0.387. The average molecular weight is 355 g/mol. The van der Waals surface area contributed by atoms with E-state index in [4.69, 9.17) is 10.5 Å². The van der Waals surface area contributed by atoms with Crippen LogP contribution in [0.15, 0.2) is 40.9 Å². The van der Waals surface area contributed by atoms with Crippen molar-refractivity contribution in [1.29, 1.82) is 0 Å². The predicted molar refractivity (Wildman–Crippen MR) is 79.4 cm³/mol. The van der Waals surface area contributed by atoms with Gasteiger partial charge in [0, 0.05) is 23.7 Å². The number of halogens is 2. The van der Waals surface area contributed by atoms with Gasteiger partial charge in [0.2, 0.25) is 5.82 Å². The second-order valence-electron chi connectivity index (χ2n) is 4.23. The van der Waals surface area contributed by atoms with Gasteiger partial charge >= 0.3 is 5.69 Å². The highest BCUT2D eigenvalue weighted by Crippen LogP contribution is 2.30. The van der Waals surface area contributed by atoms with E-state index in [9.17, 15) is 14.5 Å².